The summed E-state index contributed by atoms with van der Waals surface area (Å²) >= 11 is 0. The molecule has 0 aliphatic carbocycles. The van der Waals surface area contributed by atoms with E-state index in [1.54, 1.807) is 6.07 Å². The third-order valence-electron chi connectivity index (χ3n) is 3.14. The number of rotatable bonds is 3. The summed E-state index contributed by atoms with van der Waals surface area (Å²) in [6, 6.07) is 1.98. The van der Waals surface area contributed by atoms with Crippen molar-refractivity contribution in [3.63, 3.8) is 0 Å². The second kappa shape index (κ2) is 5.76. The molecule has 0 aliphatic heterocycles. The van der Waals surface area contributed by atoms with E-state index in [4.69, 9.17) is 0 Å². The minimum atomic E-state index is -4.71. The molecule has 0 saturated heterocycles. The van der Waals surface area contributed by atoms with Gasteiger partial charge in [0.15, 0.2) is 11.5 Å². The van der Waals surface area contributed by atoms with Crippen LogP contribution >= 0.6 is 0 Å². The summed E-state index contributed by atoms with van der Waals surface area (Å²) in [6.45, 7) is -0.254. The summed E-state index contributed by atoms with van der Waals surface area (Å²) in [5.74, 6) is 0.249. The summed E-state index contributed by atoms with van der Waals surface area (Å²) in [7, 11) is 0. The number of hydrogen-bond donors (Lipinski definition) is 2. The molecule has 0 radical (unpaired) electrons. The fraction of sp³-hybridized carbons (Fsp3) is 0.154. The minimum Gasteiger partial charge on any atom is -0.305 e. The first kappa shape index (κ1) is 15.6. The molecule has 0 atom stereocenters. The second-order valence-electron chi connectivity index (χ2n) is 4.79. The van der Waals surface area contributed by atoms with Gasteiger partial charge < -0.3 is 4.98 Å². The second-order valence-corrected chi connectivity index (χ2v) is 4.79. The lowest BCUT2D eigenvalue weighted by molar-refractivity contribution is -0.141. The van der Waals surface area contributed by atoms with Gasteiger partial charge in [-0.05, 0) is 6.07 Å². The highest BCUT2D eigenvalue weighted by molar-refractivity contribution is 5.47. The predicted octanol–water partition coefficient (Wildman–Crippen LogP) is 0.784. The molecule has 3 rings (SSSR count). The van der Waals surface area contributed by atoms with E-state index in [0.29, 0.717) is 11.8 Å². The van der Waals surface area contributed by atoms with Crippen LogP contribution in [-0.2, 0) is 12.7 Å². The van der Waals surface area contributed by atoms with Crippen molar-refractivity contribution in [3.05, 3.63) is 62.8 Å². The van der Waals surface area contributed by atoms with E-state index in [1.807, 2.05) is 0 Å². The summed E-state index contributed by atoms with van der Waals surface area (Å²) < 4.78 is 38.3. The molecule has 3 aromatic heterocycles. The summed E-state index contributed by atoms with van der Waals surface area (Å²) in [4.78, 5) is 33.5. The maximum atomic E-state index is 12.5. The van der Waals surface area contributed by atoms with Crippen LogP contribution in [0.3, 0.4) is 0 Å². The molecule has 8 nitrogen and oxygen atoms in total. The van der Waals surface area contributed by atoms with E-state index in [0.717, 1.165) is 10.9 Å². The Bertz CT molecular complexity index is 974. The first-order chi connectivity index (χ1) is 11.3. The average molecular weight is 338 g/mol. The molecule has 0 spiro atoms. The Kier molecular flexibility index (Phi) is 3.75. The normalized spacial score (nSPS) is 11.6. The van der Waals surface area contributed by atoms with Crippen molar-refractivity contribution in [2.24, 2.45) is 0 Å². The van der Waals surface area contributed by atoms with Crippen molar-refractivity contribution in [1.82, 2.24) is 29.7 Å². The van der Waals surface area contributed by atoms with Crippen LogP contribution in [0.1, 0.15) is 11.3 Å². The standard InChI is InChI=1S/C13H9F3N6O2/c14-13(15,16)9-3-10(23)22(6-18-9)5-7-4-17-11(20-12(7)24)8-1-2-19-21-8/h1-4,6H,5H2,(H,19,21)(H,17,20,24). The lowest BCUT2D eigenvalue weighted by Crippen LogP contribution is -2.26. The summed E-state index contributed by atoms with van der Waals surface area (Å²) in [5, 5.41) is 6.35. The minimum absolute atomic E-state index is 0.0990. The van der Waals surface area contributed by atoms with Crippen LogP contribution in [0.15, 0.2) is 40.4 Å². The van der Waals surface area contributed by atoms with Crippen molar-refractivity contribution in [3.8, 4) is 11.5 Å². The predicted molar refractivity (Wildman–Crippen MR) is 75.0 cm³/mol. The Balaban J connectivity index is 1.89. The molecule has 0 amide bonds. The van der Waals surface area contributed by atoms with E-state index < -0.39 is 23.0 Å². The van der Waals surface area contributed by atoms with E-state index in [9.17, 15) is 22.8 Å². The van der Waals surface area contributed by atoms with Crippen LogP contribution in [0.5, 0.6) is 0 Å². The molecule has 0 aromatic carbocycles. The Hall–Kier alpha value is -3.24. The van der Waals surface area contributed by atoms with Crippen LogP contribution in [-0.4, -0.2) is 29.7 Å². The molecule has 124 valence electrons. The van der Waals surface area contributed by atoms with Crippen molar-refractivity contribution in [2.45, 2.75) is 12.7 Å². The number of nitrogens with one attached hydrogen (secondary N) is 2. The van der Waals surface area contributed by atoms with Crippen LogP contribution in [0, 0.1) is 0 Å². The Labute approximate surface area is 131 Å². The number of aromatic nitrogens is 6. The van der Waals surface area contributed by atoms with E-state index in [1.165, 1.54) is 12.4 Å². The molecule has 0 unspecified atom stereocenters. The average Bonchev–Trinajstić information content (AvgIpc) is 3.04. The molecule has 0 aliphatic rings. The topological polar surface area (TPSA) is 109 Å². The first-order valence-electron chi connectivity index (χ1n) is 6.56. The van der Waals surface area contributed by atoms with Gasteiger partial charge in [0.25, 0.3) is 11.1 Å². The molecule has 0 saturated carbocycles. The van der Waals surface area contributed by atoms with Gasteiger partial charge in [0.2, 0.25) is 0 Å². The number of aromatic amines is 2. The zero-order valence-corrected chi connectivity index (χ0v) is 11.8. The highest BCUT2D eigenvalue weighted by Gasteiger charge is 2.33. The number of halogens is 3. The molecule has 3 aromatic rings. The fourth-order valence-electron chi connectivity index (χ4n) is 1.94. The van der Waals surface area contributed by atoms with Gasteiger partial charge >= 0.3 is 6.18 Å². The molecule has 3 heterocycles. The molecular weight excluding hydrogens is 329 g/mol. The number of nitrogens with zero attached hydrogens (tertiary/aromatic N) is 4. The highest BCUT2D eigenvalue weighted by atomic mass is 19.4. The van der Waals surface area contributed by atoms with Gasteiger partial charge in [0.05, 0.1) is 18.4 Å². The maximum absolute atomic E-state index is 12.5. The lowest BCUT2D eigenvalue weighted by Gasteiger charge is -2.08. The zero-order valence-electron chi connectivity index (χ0n) is 11.8. The summed E-state index contributed by atoms with van der Waals surface area (Å²) in [6.07, 6.45) is -1.24. The molecule has 0 bridgehead atoms. The van der Waals surface area contributed by atoms with Gasteiger partial charge in [-0.15, -0.1) is 0 Å². The van der Waals surface area contributed by atoms with Crippen molar-refractivity contribution in [2.75, 3.05) is 0 Å². The summed E-state index contributed by atoms with van der Waals surface area (Å²) in [5.41, 5.74) is -2.14. The Morgan fingerprint density at radius 2 is 2.00 bits per heavy atom. The van der Waals surface area contributed by atoms with Crippen LogP contribution < -0.4 is 11.1 Å². The van der Waals surface area contributed by atoms with Gasteiger partial charge in [-0.2, -0.15) is 18.3 Å². The molecule has 0 fully saturated rings. The third kappa shape index (κ3) is 3.09. The maximum Gasteiger partial charge on any atom is 0.433 e. The van der Waals surface area contributed by atoms with Crippen LogP contribution in [0.4, 0.5) is 13.2 Å². The van der Waals surface area contributed by atoms with E-state index in [2.05, 4.69) is 25.1 Å². The Morgan fingerprint density at radius 3 is 2.58 bits per heavy atom. The van der Waals surface area contributed by atoms with Gasteiger partial charge in [-0.3, -0.25) is 19.3 Å². The van der Waals surface area contributed by atoms with Crippen molar-refractivity contribution in [1.29, 1.82) is 0 Å². The van der Waals surface area contributed by atoms with Gasteiger partial charge in [0, 0.05) is 18.5 Å². The lowest BCUT2D eigenvalue weighted by atomic mass is 10.3. The SMILES string of the molecule is O=c1[nH]c(-c2ccn[nH]2)ncc1Cn1cnc(C(F)(F)F)cc1=O. The van der Waals surface area contributed by atoms with Crippen LogP contribution in [0.2, 0.25) is 0 Å². The molecule has 24 heavy (non-hydrogen) atoms. The molecule has 11 heteroatoms. The number of H-pyrrole nitrogens is 2. The number of alkyl halides is 3. The van der Waals surface area contributed by atoms with Crippen LogP contribution in [0.25, 0.3) is 11.5 Å². The van der Waals surface area contributed by atoms with Crippen molar-refractivity contribution >= 4 is 0 Å². The van der Waals surface area contributed by atoms with Crippen molar-refractivity contribution < 1.29 is 13.2 Å². The smallest absolute Gasteiger partial charge is 0.305 e. The van der Waals surface area contributed by atoms with Gasteiger partial charge in [-0.25, -0.2) is 9.97 Å². The molecular formula is C13H9F3N6O2. The third-order valence-corrected chi connectivity index (χ3v) is 3.14. The zero-order chi connectivity index (χ0) is 17.3. The quantitative estimate of drug-likeness (QED) is 0.733. The fourth-order valence-corrected chi connectivity index (χ4v) is 1.94. The highest BCUT2D eigenvalue weighted by Crippen LogP contribution is 2.25. The largest absolute Gasteiger partial charge is 0.433 e. The Morgan fingerprint density at radius 1 is 1.21 bits per heavy atom. The number of hydrogen-bond acceptors (Lipinski definition) is 5. The van der Waals surface area contributed by atoms with E-state index in [-0.39, 0.29) is 17.9 Å². The van der Waals surface area contributed by atoms with E-state index >= 15 is 0 Å². The first-order valence-corrected chi connectivity index (χ1v) is 6.56. The van der Waals surface area contributed by atoms with Gasteiger partial charge in [-0.1, -0.05) is 0 Å². The van der Waals surface area contributed by atoms with Gasteiger partial charge in [0.1, 0.15) is 5.69 Å². The monoisotopic (exact) mass is 338 g/mol. The molecule has 2 N–H and O–H groups in total.